The van der Waals surface area contributed by atoms with Crippen molar-refractivity contribution in [3.63, 3.8) is 0 Å². The molecule has 0 saturated carbocycles. The van der Waals surface area contributed by atoms with E-state index in [0.717, 1.165) is 15.8 Å². The van der Waals surface area contributed by atoms with E-state index in [1.807, 2.05) is 12.1 Å². The minimum atomic E-state index is 0.525. The molecule has 3 aromatic rings. The van der Waals surface area contributed by atoms with Gasteiger partial charge in [-0.05, 0) is 56.6 Å². The number of halogens is 2. The van der Waals surface area contributed by atoms with Crippen LogP contribution in [0.4, 0.5) is 17.1 Å². The van der Waals surface area contributed by atoms with E-state index in [9.17, 15) is 0 Å². The van der Waals surface area contributed by atoms with Gasteiger partial charge < -0.3 is 11.1 Å². The van der Waals surface area contributed by atoms with Crippen molar-refractivity contribution in [3.05, 3.63) is 39.8 Å². The normalized spacial score (nSPS) is 10.8. The maximum absolute atomic E-state index is 5.91. The summed E-state index contributed by atoms with van der Waals surface area (Å²) in [6.45, 7) is 0. The Labute approximate surface area is 121 Å². The number of benzene rings is 2. The molecule has 3 rings (SSSR count). The molecular formula is C12H8BrClN4O. The van der Waals surface area contributed by atoms with Crippen LogP contribution in [-0.2, 0) is 0 Å². The van der Waals surface area contributed by atoms with Gasteiger partial charge in [0.1, 0.15) is 0 Å². The van der Waals surface area contributed by atoms with Crippen molar-refractivity contribution in [1.82, 2.24) is 10.3 Å². The predicted molar refractivity (Wildman–Crippen MR) is 78.7 cm³/mol. The molecule has 0 saturated heterocycles. The average Bonchev–Trinajstić information content (AvgIpc) is 2.86. The summed E-state index contributed by atoms with van der Waals surface area (Å²) in [4.78, 5) is 0. The van der Waals surface area contributed by atoms with Crippen LogP contribution in [0.15, 0.2) is 39.4 Å². The Morgan fingerprint density at radius 3 is 2.63 bits per heavy atom. The molecule has 0 radical (unpaired) electrons. The third-order valence-corrected chi connectivity index (χ3v) is 3.54. The zero-order chi connectivity index (χ0) is 13.4. The molecule has 5 nitrogen and oxygen atoms in total. The van der Waals surface area contributed by atoms with Crippen LogP contribution in [0.1, 0.15) is 0 Å². The first-order valence-electron chi connectivity index (χ1n) is 5.38. The van der Waals surface area contributed by atoms with E-state index in [1.54, 1.807) is 18.2 Å². The van der Waals surface area contributed by atoms with Gasteiger partial charge in [-0.1, -0.05) is 11.6 Å². The number of aromatic nitrogens is 2. The Morgan fingerprint density at radius 2 is 1.84 bits per heavy atom. The molecule has 0 bridgehead atoms. The monoisotopic (exact) mass is 338 g/mol. The van der Waals surface area contributed by atoms with Gasteiger partial charge in [-0.2, -0.15) is 0 Å². The third kappa shape index (κ3) is 2.24. The lowest BCUT2D eigenvalue weighted by Gasteiger charge is -2.09. The number of nitrogens with one attached hydrogen (secondary N) is 1. The van der Waals surface area contributed by atoms with Crippen LogP contribution in [0, 0.1) is 0 Å². The number of hydrogen-bond acceptors (Lipinski definition) is 5. The number of nitrogens with zero attached hydrogens (tertiary/aromatic N) is 2. The van der Waals surface area contributed by atoms with E-state index in [4.69, 9.17) is 22.0 Å². The largest absolute Gasteiger partial charge is 0.397 e. The smallest absolute Gasteiger partial charge is 0.160 e. The first-order valence-corrected chi connectivity index (χ1v) is 6.55. The number of anilines is 3. The first kappa shape index (κ1) is 12.3. The van der Waals surface area contributed by atoms with Crippen LogP contribution in [0.25, 0.3) is 11.0 Å². The molecule has 2 aromatic carbocycles. The summed E-state index contributed by atoms with van der Waals surface area (Å²) >= 11 is 9.35. The molecule has 7 heteroatoms. The number of hydrogen-bond donors (Lipinski definition) is 2. The van der Waals surface area contributed by atoms with E-state index in [1.165, 1.54) is 0 Å². The lowest BCUT2D eigenvalue weighted by Crippen LogP contribution is -1.94. The van der Waals surface area contributed by atoms with E-state index in [2.05, 4.69) is 31.6 Å². The molecule has 3 N–H and O–H groups in total. The number of nitrogen functional groups attached to an aromatic ring is 1. The van der Waals surface area contributed by atoms with Gasteiger partial charge in [0.05, 0.1) is 17.1 Å². The zero-order valence-corrected chi connectivity index (χ0v) is 11.9. The summed E-state index contributed by atoms with van der Waals surface area (Å²) in [5.41, 5.74) is 9.06. The van der Waals surface area contributed by atoms with E-state index < -0.39 is 0 Å². The second kappa shape index (κ2) is 4.71. The van der Waals surface area contributed by atoms with Gasteiger partial charge in [0.15, 0.2) is 11.0 Å². The molecule has 96 valence electrons. The van der Waals surface area contributed by atoms with E-state index in [0.29, 0.717) is 21.7 Å². The highest BCUT2D eigenvalue weighted by Gasteiger charge is 2.11. The van der Waals surface area contributed by atoms with Gasteiger partial charge in [-0.15, -0.1) is 0 Å². The molecule has 0 atom stereocenters. The predicted octanol–water partition coefficient (Wildman–Crippen LogP) is 3.96. The summed E-state index contributed by atoms with van der Waals surface area (Å²) in [5.74, 6) is 0. The molecule has 0 aliphatic heterocycles. The van der Waals surface area contributed by atoms with Crippen LogP contribution in [0.5, 0.6) is 0 Å². The molecule has 0 aliphatic carbocycles. The minimum absolute atomic E-state index is 0.525. The molecule has 0 amide bonds. The van der Waals surface area contributed by atoms with E-state index >= 15 is 0 Å². The highest BCUT2D eigenvalue weighted by molar-refractivity contribution is 9.10. The van der Waals surface area contributed by atoms with Gasteiger partial charge in [0.25, 0.3) is 0 Å². The molecule has 1 heterocycles. The number of nitrogens with two attached hydrogens (primary N) is 1. The maximum atomic E-state index is 5.91. The van der Waals surface area contributed by atoms with E-state index in [-0.39, 0.29) is 0 Å². The highest BCUT2D eigenvalue weighted by atomic mass is 79.9. The standard InChI is InChI=1S/C12H8BrClN4O/c13-7-5-6(14)1-3-9(7)16-10-4-2-8(15)11-12(10)18-19-17-11/h1-5,16H,15H2. The van der Waals surface area contributed by atoms with Crippen LogP contribution >= 0.6 is 27.5 Å². The van der Waals surface area contributed by atoms with Crippen molar-refractivity contribution >= 4 is 55.6 Å². The van der Waals surface area contributed by atoms with Crippen LogP contribution in [-0.4, -0.2) is 10.3 Å². The maximum Gasteiger partial charge on any atom is 0.160 e. The first-order chi connectivity index (χ1) is 9.15. The second-order valence-corrected chi connectivity index (χ2v) is 5.20. The Balaban J connectivity index is 2.06. The minimum Gasteiger partial charge on any atom is -0.397 e. The molecular weight excluding hydrogens is 332 g/mol. The van der Waals surface area contributed by atoms with Crippen molar-refractivity contribution in [2.75, 3.05) is 11.1 Å². The summed E-state index contributed by atoms with van der Waals surface area (Å²) in [6, 6.07) is 9.04. The zero-order valence-electron chi connectivity index (χ0n) is 9.52. The average molecular weight is 340 g/mol. The summed E-state index contributed by atoms with van der Waals surface area (Å²) in [5, 5.41) is 11.5. The Kier molecular flexibility index (Phi) is 3.04. The molecule has 0 fully saturated rings. The van der Waals surface area contributed by atoms with Gasteiger partial charge in [0.2, 0.25) is 0 Å². The van der Waals surface area contributed by atoms with Gasteiger partial charge in [-0.25, -0.2) is 4.63 Å². The number of fused-ring (bicyclic) bond motifs is 1. The Hall–Kier alpha value is -1.79. The fraction of sp³-hybridized carbons (Fsp3) is 0. The summed E-state index contributed by atoms with van der Waals surface area (Å²) in [6.07, 6.45) is 0. The van der Waals surface area contributed by atoms with Crippen LogP contribution in [0.2, 0.25) is 5.02 Å². The van der Waals surface area contributed by atoms with Crippen molar-refractivity contribution in [2.45, 2.75) is 0 Å². The fourth-order valence-corrected chi connectivity index (χ4v) is 2.50. The lowest BCUT2D eigenvalue weighted by atomic mass is 10.2. The summed E-state index contributed by atoms with van der Waals surface area (Å²) in [7, 11) is 0. The van der Waals surface area contributed by atoms with Crippen molar-refractivity contribution in [2.24, 2.45) is 0 Å². The fourth-order valence-electron chi connectivity index (χ4n) is 1.72. The van der Waals surface area contributed by atoms with Crippen LogP contribution < -0.4 is 11.1 Å². The molecule has 0 spiro atoms. The SMILES string of the molecule is Nc1ccc(Nc2ccc(Cl)cc2Br)c2nonc12. The Morgan fingerprint density at radius 1 is 1.11 bits per heavy atom. The molecule has 0 unspecified atom stereocenters. The second-order valence-electron chi connectivity index (χ2n) is 3.91. The molecule has 0 aliphatic rings. The van der Waals surface area contributed by atoms with Gasteiger partial charge in [-0.3, -0.25) is 0 Å². The quantitative estimate of drug-likeness (QED) is 0.691. The summed E-state index contributed by atoms with van der Waals surface area (Å²) < 4.78 is 5.57. The lowest BCUT2D eigenvalue weighted by molar-refractivity contribution is 0.316. The Bertz CT molecular complexity index is 759. The van der Waals surface area contributed by atoms with Crippen molar-refractivity contribution in [1.29, 1.82) is 0 Å². The number of rotatable bonds is 2. The molecule has 19 heavy (non-hydrogen) atoms. The van der Waals surface area contributed by atoms with Gasteiger partial charge in [0, 0.05) is 9.50 Å². The third-order valence-electron chi connectivity index (χ3n) is 2.65. The van der Waals surface area contributed by atoms with Crippen molar-refractivity contribution < 1.29 is 4.63 Å². The molecule has 1 aromatic heterocycles. The van der Waals surface area contributed by atoms with Crippen molar-refractivity contribution in [3.8, 4) is 0 Å². The highest BCUT2D eigenvalue weighted by Crippen LogP contribution is 2.32. The van der Waals surface area contributed by atoms with Gasteiger partial charge >= 0.3 is 0 Å². The van der Waals surface area contributed by atoms with Crippen LogP contribution in [0.3, 0.4) is 0 Å². The topological polar surface area (TPSA) is 77.0 Å².